The average Bonchev–Trinajstić information content (AvgIpc) is 2.56. The van der Waals surface area contributed by atoms with E-state index >= 15 is 0 Å². The van der Waals surface area contributed by atoms with Crippen molar-refractivity contribution in [1.29, 1.82) is 0 Å². The molecule has 0 radical (unpaired) electrons. The van der Waals surface area contributed by atoms with Crippen LogP contribution in [-0.2, 0) is 0 Å². The van der Waals surface area contributed by atoms with Gasteiger partial charge in [0.1, 0.15) is 5.82 Å². The maximum atomic E-state index is 13.8. The van der Waals surface area contributed by atoms with Crippen LogP contribution in [0.4, 0.5) is 21.5 Å². The molecule has 1 amide bonds. The Morgan fingerprint density at radius 1 is 1.33 bits per heavy atom. The summed E-state index contributed by atoms with van der Waals surface area (Å²) in [7, 11) is 1.92. The first kappa shape index (κ1) is 17.4. The van der Waals surface area contributed by atoms with Crippen molar-refractivity contribution in [1.82, 2.24) is 0 Å². The molecule has 6 nitrogen and oxygen atoms in total. The quantitative estimate of drug-likeness (QED) is 0.669. The molecule has 2 rings (SSSR count). The summed E-state index contributed by atoms with van der Waals surface area (Å²) in [6.45, 7) is 4.10. The van der Waals surface area contributed by atoms with Crippen molar-refractivity contribution in [3.05, 3.63) is 63.5 Å². The SMILES string of the molecule is CCN(C)c1cccc(NC(=O)c2cc(F)c(C)c([N+](=O)[O-])c2)c1. The lowest BCUT2D eigenvalue weighted by Gasteiger charge is -2.17. The molecule has 0 unspecified atom stereocenters. The van der Waals surface area contributed by atoms with Crippen molar-refractivity contribution in [2.75, 3.05) is 23.8 Å². The Labute approximate surface area is 139 Å². The molecule has 7 heteroatoms. The van der Waals surface area contributed by atoms with Crippen molar-refractivity contribution in [2.45, 2.75) is 13.8 Å². The topological polar surface area (TPSA) is 75.5 Å². The number of rotatable bonds is 5. The predicted octanol–water partition coefficient (Wildman–Crippen LogP) is 3.75. The second-order valence-electron chi connectivity index (χ2n) is 5.38. The monoisotopic (exact) mass is 331 g/mol. The minimum atomic E-state index is -0.784. The molecule has 0 atom stereocenters. The molecule has 1 N–H and O–H groups in total. The Kier molecular flexibility index (Phi) is 5.13. The van der Waals surface area contributed by atoms with Gasteiger partial charge in [-0.1, -0.05) is 6.07 Å². The summed E-state index contributed by atoms with van der Waals surface area (Å²) in [4.78, 5) is 24.5. The summed E-state index contributed by atoms with van der Waals surface area (Å²) in [5, 5.41) is 13.6. The molecule has 126 valence electrons. The van der Waals surface area contributed by atoms with Crippen LogP contribution >= 0.6 is 0 Å². The molecule has 0 heterocycles. The van der Waals surface area contributed by atoms with Crippen LogP contribution in [0.2, 0.25) is 0 Å². The molecule has 0 saturated carbocycles. The molecule has 0 bridgehead atoms. The molecule has 24 heavy (non-hydrogen) atoms. The van der Waals surface area contributed by atoms with E-state index in [4.69, 9.17) is 0 Å². The Morgan fingerprint density at radius 3 is 2.67 bits per heavy atom. The second kappa shape index (κ2) is 7.08. The van der Waals surface area contributed by atoms with Crippen molar-refractivity contribution in [3.8, 4) is 0 Å². The minimum absolute atomic E-state index is 0.0943. The Balaban J connectivity index is 2.29. The van der Waals surface area contributed by atoms with Gasteiger partial charge in [0.05, 0.1) is 10.5 Å². The van der Waals surface area contributed by atoms with E-state index < -0.39 is 22.3 Å². The van der Waals surface area contributed by atoms with Crippen LogP contribution in [0.25, 0.3) is 0 Å². The first-order valence-corrected chi connectivity index (χ1v) is 7.40. The lowest BCUT2D eigenvalue weighted by Crippen LogP contribution is -2.17. The third kappa shape index (κ3) is 3.68. The first-order chi connectivity index (χ1) is 11.3. The van der Waals surface area contributed by atoms with Gasteiger partial charge in [0.15, 0.2) is 0 Å². The van der Waals surface area contributed by atoms with Gasteiger partial charge < -0.3 is 10.2 Å². The lowest BCUT2D eigenvalue weighted by molar-refractivity contribution is -0.385. The number of amides is 1. The van der Waals surface area contributed by atoms with Crippen molar-refractivity contribution in [3.63, 3.8) is 0 Å². The highest BCUT2D eigenvalue weighted by molar-refractivity contribution is 6.05. The van der Waals surface area contributed by atoms with Crippen molar-refractivity contribution >= 4 is 23.0 Å². The van der Waals surface area contributed by atoms with Crippen LogP contribution in [0.1, 0.15) is 22.8 Å². The summed E-state index contributed by atoms with van der Waals surface area (Å²) >= 11 is 0. The molecule has 0 aliphatic rings. The van der Waals surface area contributed by atoms with Gasteiger partial charge in [-0.2, -0.15) is 0 Å². The van der Waals surface area contributed by atoms with Crippen LogP contribution < -0.4 is 10.2 Å². The number of carbonyl (C=O) groups excluding carboxylic acids is 1. The van der Waals surface area contributed by atoms with Gasteiger partial charge in [-0.15, -0.1) is 0 Å². The molecule has 0 saturated heterocycles. The van der Waals surface area contributed by atoms with Gasteiger partial charge in [0.2, 0.25) is 0 Å². The lowest BCUT2D eigenvalue weighted by atomic mass is 10.1. The highest BCUT2D eigenvalue weighted by Crippen LogP contribution is 2.24. The van der Waals surface area contributed by atoms with Crippen LogP contribution in [0.3, 0.4) is 0 Å². The van der Waals surface area contributed by atoms with E-state index in [0.29, 0.717) is 5.69 Å². The summed E-state index contributed by atoms with van der Waals surface area (Å²) in [6.07, 6.45) is 0. The van der Waals surface area contributed by atoms with Crippen molar-refractivity contribution in [2.24, 2.45) is 0 Å². The first-order valence-electron chi connectivity index (χ1n) is 7.40. The fraction of sp³-hybridized carbons (Fsp3) is 0.235. The standard InChI is InChI=1S/C17H18FN3O3/c1-4-20(3)14-7-5-6-13(10-14)19-17(22)12-8-15(18)11(2)16(9-12)21(23)24/h5-10H,4H2,1-3H3,(H,19,22). The number of nitro groups is 1. The number of hydrogen-bond donors (Lipinski definition) is 1. The Bertz CT molecular complexity index is 793. The van der Waals surface area contributed by atoms with E-state index in [1.807, 2.05) is 24.9 Å². The molecule has 0 aliphatic carbocycles. The summed E-state index contributed by atoms with van der Waals surface area (Å²) < 4.78 is 13.8. The number of nitro benzene ring substituents is 1. The maximum absolute atomic E-state index is 13.8. The third-order valence-electron chi connectivity index (χ3n) is 3.79. The highest BCUT2D eigenvalue weighted by Gasteiger charge is 2.19. The van der Waals surface area contributed by atoms with Crippen LogP contribution in [0.5, 0.6) is 0 Å². The van der Waals surface area contributed by atoms with E-state index in [9.17, 15) is 19.3 Å². The zero-order valence-electron chi connectivity index (χ0n) is 13.7. The minimum Gasteiger partial charge on any atom is -0.375 e. The largest absolute Gasteiger partial charge is 0.375 e. The maximum Gasteiger partial charge on any atom is 0.276 e. The van der Waals surface area contributed by atoms with Crippen LogP contribution in [0, 0.1) is 22.9 Å². The van der Waals surface area contributed by atoms with E-state index in [1.165, 1.54) is 6.92 Å². The summed E-state index contributed by atoms with van der Waals surface area (Å²) in [5.41, 5.74) is 0.833. The highest BCUT2D eigenvalue weighted by atomic mass is 19.1. The zero-order chi connectivity index (χ0) is 17.9. The molecule has 0 fully saturated rings. The fourth-order valence-electron chi connectivity index (χ4n) is 2.19. The van der Waals surface area contributed by atoms with Crippen LogP contribution in [0.15, 0.2) is 36.4 Å². The number of halogens is 1. The molecule has 0 spiro atoms. The predicted molar refractivity (Wildman–Crippen MR) is 91.1 cm³/mol. The third-order valence-corrected chi connectivity index (χ3v) is 3.79. The van der Waals surface area contributed by atoms with Gasteiger partial charge >= 0.3 is 0 Å². The van der Waals surface area contributed by atoms with Gasteiger partial charge in [-0.05, 0) is 38.1 Å². The summed E-state index contributed by atoms with van der Waals surface area (Å²) in [5.74, 6) is -1.39. The van der Waals surface area contributed by atoms with Crippen LogP contribution in [-0.4, -0.2) is 24.4 Å². The van der Waals surface area contributed by atoms with E-state index in [-0.39, 0.29) is 11.1 Å². The molecule has 0 aromatic heterocycles. The van der Waals surface area contributed by atoms with Gasteiger partial charge in [0.25, 0.3) is 11.6 Å². The molecule has 2 aromatic carbocycles. The number of hydrogen-bond acceptors (Lipinski definition) is 4. The smallest absolute Gasteiger partial charge is 0.276 e. The van der Waals surface area contributed by atoms with Gasteiger partial charge in [0, 0.05) is 36.6 Å². The number of anilines is 2. The Morgan fingerprint density at radius 2 is 2.04 bits per heavy atom. The average molecular weight is 331 g/mol. The van der Waals surface area contributed by atoms with E-state index in [2.05, 4.69) is 5.32 Å². The number of carbonyl (C=O) groups is 1. The number of nitrogens with zero attached hydrogens (tertiary/aromatic N) is 2. The summed E-state index contributed by atoms with van der Waals surface area (Å²) in [6, 6.07) is 9.24. The fourth-order valence-corrected chi connectivity index (χ4v) is 2.19. The van der Waals surface area contributed by atoms with E-state index in [0.717, 1.165) is 24.4 Å². The molecular formula is C17H18FN3O3. The molecule has 0 aliphatic heterocycles. The molecule has 2 aromatic rings. The second-order valence-corrected chi connectivity index (χ2v) is 5.38. The Hall–Kier alpha value is -2.96. The normalized spacial score (nSPS) is 10.3. The van der Waals surface area contributed by atoms with Crippen molar-refractivity contribution < 1.29 is 14.1 Å². The number of benzene rings is 2. The van der Waals surface area contributed by atoms with Gasteiger partial charge in [-0.25, -0.2) is 4.39 Å². The molecular weight excluding hydrogens is 313 g/mol. The van der Waals surface area contributed by atoms with E-state index in [1.54, 1.807) is 18.2 Å². The zero-order valence-corrected chi connectivity index (χ0v) is 13.7. The number of nitrogens with one attached hydrogen (secondary N) is 1. The van der Waals surface area contributed by atoms with Gasteiger partial charge in [-0.3, -0.25) is 14.9 Å².